The van der Waals surface area contributed by atoms with E-state index in [-0.39, 0.29) is 0 Å². The summed E-state index contributed by atoms with van der Waals surface area (Å²) in [5, 5.41) is 3.41. The normalized spacial score (nSPS) is 16.7. The molecule has 1 aliphatic heterocycles. The van der Waals surface area contributed by atoms with E-state index < -0.39 is 0 Å². The molecule has 34 heavy (non-hydrogen) atoms. The minimum Gasteiger partial charge on any atom is -0.314 e. The van der Waals surface area contributed by atoms with E-state index in [1.165, 1.54) is 123 Å². The largest absolute Gasteiger partial charge is 0.314 e. The Morgan fingerprint density at radius 1 is 0.676 bits per heavy atom. The minimum atomic E-state index is 0.874. The van der Waals surface area contributed by atoms with Crippen LogP contribution in [-0.2, 0) is 0 Å². The van der Waals surface area contributed by atoms with Crippen LogP contribution in [0.15, 0.2) is 0 Å². The van der Waals surface area contributed by atoms with Gasteiger partial charge in [0, 0.05) is 39.3 Å². The van der Waals surface area contributed by atoms with Gasteiger partial charge in [0.2, 0.25) is 0 Å². The van der Waals surface area contributed by atoms with Gasteiger partial charge in [-0.05, 0) is 62.9 Å². The van der Waals surface area contributed by atoms with Gasteiger partial charge < -0.3 is 15.1 Å². The summed E-state index contributed by atoms with van der Waals surface area (Å²) >= 11 is 0. The molecule has 1 aliphatic rings. The molecule has 0 amide bonds. The van der Waals surface area contributed by atoms with Crippen molar-refractivity contribution in [2.45, 2.75) is 126 Å². The van der Waals surface area contributed by atoms with Crippen LogP contribution < -0.4 is 5.32 Å². The van der Waals surface area contributed by atoms with E-state index in [2.05, 4.69) is 70.6 Å². The molecule has 0 radical (unpaired) electrons. The Labute approximate surface area is 217 Å². The Morgan fingerprint density at radius 2 is 1.21 bits per heavy atom. The molecular formula is C31H67N3. The SMILES string of the molecule is CCC(CC)CCC(C)CN1CCNCC1.CCCC(CC)CCN(C)CC(CCC)CCC. The van der Waals surface area contributed by atoms with Gasteiger partial charge in [-0.15, -0.1) is 0 Å². The Kier molecular flexibility index (Phi) is 23.2. The molecule has 206 valence electrons. The summed E-state index contributed by atoms with van der Waals surface area (Å²) in [6.45, 7) is 25.1. The van der Waals surface area contributed by atoms with Crippen LogP contribution in [-0.4, -0.2) is 62.7 Å². The summed E-state index contributed by atoms with van der Waals surface area (Å²) in [7, 11) is 2.32. The Morgan fingerprint density at radius 3 is 1.71 bits per heavy atom. The molecule has 0 aromatic carbocycles. The third-order valence-electron chi connectivity index (χ3n) is 8.16. The second-order valence-electron chi connectivity index (χ2n) is 11.5. The molecule has 0 aromatic heterocycles. The molecule has 1 N–H and O–H groups in total. The number of rotatable bonds is 19. The number of nitrogens with one attached hydrogen (secondary N) is 1. The molecule has 0 bridgehead atoms. The number of piperazine rings is 1. The van der Waals surface area contributed by atoms with Gasteiger partial charge in [0.1, 0.15) is 0 Å². The summed E-state index contributed by atoms with van der Waals surface area (Å²) in [5.41, 5.74) is 0. The van der Waals surface area contributed by atoms with E-state index >= 15 is 0 Å². The first-order valence-electron chi connectivity index (χ1n) is 15.5. The van der Waals surface area contributed by atoms with Crippen molar-refractivity contribution in [2.75, 3.05) is 52.9 Å². The van der Waals surface area contributed by atoms with Crippen LogP contribution in [0.1, 0.15) is 126 Å². The van der Waals surface area contributed by atoms with Crippen molar-refractivity contribution in [2.24, 2.45) is 23.7 Å². The zero-order valence-electron chi connectivity index (χ0n) is 25.1. The quantitative estimate of drug-likeness (QED) is 0.201. The van der Waals surface area contributed by atoms with Crippen LogP contribution >= 0.6 is 0 Å². The molecule has 1 fully saturated rings. The van der Waals surface area contributed by atoms with Gasteiger partial charge in [0.25, 0.3) is 0 Å². The molecule has 2 unspecified atom stereocenters. The second-order valence-corrected chi connectivity index (χ2v) is 11.5. The monoisotopic (exact) mass is 482 g/mol. The zero-order chi connectivity index (χ0) is 25.6. The van der Waals surface area contributed by atoms with Crippen molar-refractivity contribution in [1.29, 1.82) is 0 Å². The average Bonchev–Trinajstić information content (AvgIpc) is 2.83. The Hall–Kier alpha value is -0.120. The average molecular weight is 482 g/mol. The van der Waals surface area contributed by atoms with Gasteiger partial charge in [-0.2, -0.15) is 0 Å². The van der Waals surface area contributed by atoms with Crippen LogP contribution in [0, 0.1) is 23.7 Å². The molecule has 0 spiro atoms. The second kappa shape index (κ2) is 23.3. The molecule has 0 saturated carbocycles. The third-order valence-corrected chi connectivity index (χ3v) is 8.16. The van der Waals surface area contributed by atoms with Gasteiger partial charge in [0.05, 0.1) is 0 Å². The van der Waals surface area contributed by atoms with Crippen molar-refractivity contribution in [1.82, 2.24) is 15.1 Å². The van der Waals surface area contributed by atoms with Crippen LogP contribution in [0.4, 0.5) is 0 Å². The summed E-state index contributed by atoms with van der Waals surface area (Å²) in [4.78, 5) is 5.20. The Bertz CT molecular complexity index is 397. The van der Waals surface area contributed by atoms with E-state index in [0.717, 1.165) is 23.7 Å². The molecule has 2 atom stereocenters. The van der Waals surface area contributed by atoms with Gasteiger partial charge in [-0.25, -0.2) is 0 Å². The highest BCUT2D eigenvalue weighted by Gasteiger charge is 2.14. The molecule has 3 heteroatoms. The fourth-order valence-electron chi connectivity index (χ4n) is 5.68. The first-order chi connectivity index (χ1) is 16.4. The first-order valence-corrected chi connectivity index (χ1v) is 15.5. The fraction of sp³-hybridized carbons (Fsp3) is 1.00. The molecule has 0 aromatic rings. The van der Waals surface area contributed by atoms with Crippen molar-refractivity contribution >= 4 is 0 Å². The predicted octanol–water partition coefficient (Wildman–Crippen LogP) is 8.10. The summed E-state index contributed by atoms with van der Waals surface area (Å²) < 4.78 is 0. The lowest BCUT2D eigenvalue weighted by molar-refractivity contribution is 0.202. The van der Waals surface area contributed by atoms with Crippen molar-refractivity contribution in [3.63, 3.8) is 0 Å². The Balaban J connectivity index is 0.000000644. The number of hydrogen-bond donors (Lipinski definition) is 1. The van der Waals surface area contributed by atoms with Crippen LogP contribution in [0.5, 0.6) is 0 Å². The molecule has 0 aliphatic carbocycles. The highest BCUT2D eigenvalue weighted by Crippen LogP contribution is 2.20. The summed E-state index contributed by atoms with van der Waals surface area (Å²) in [6.07, 6.45) is 16.6. The van der Waals surface area contributed by atoms with E-state index in [1.54, 1.807) is 0 Å². The van der Waals surface area contributed by atoms with Crippen molar-refractivity contribution < 1.29 is 0 Å². The summed E-state index contributed by atoms with van der Waals surface area (Å²) in [6, 6.07) is 0. The van der Waals surface area contributed by atoms with Crippen LogP contribution in [0.25, 0.3) is 0 Å². The standard InChI is InChI=1S/C17H37N.C14H30N2/c1-6-10-16(9-4)13-14-18(5)15-17(11-7-2)12-8-3;1-4-14(5-2)7-6-13(3)12-16-10-8-15-9-11-16/h16-17H,6-15H2,1-5H3;13-15H,4-12H2,1-3H3. The molecule has 1 heterocycles. The lowest BCUT2D eigenvalue weighted by Crippen LogP contribution is -2.45. The zero-order valence-corrected chi connectivity index (χ0v) is 25.1. The van der Waals surface area contributed by atoms with E-state index in [9.17, 15) is 0 Å². The van der Waals surface area contributed by atoms with Gasteiger partial charge in [-0.3, -0.25) is 0 Å². The number of hydrogen-bond acceptors (Lipinski definition) is 3. The maximum atomic E-state index is 3.41. The number of nitrogens with zero attached hydrogens (tertiary/aromatic N) is 2. The van der Waals surface area contributed by atoms with E-state index in [1.807, 2.05) is 0 Å². The van der Waals surface area contributed by atoms with E-state index in [4.69, 9.17) is 0 Å². The van der Waals surface area contributed by atoms with Gasteiger partial charge in [0.15, 0.2) is 0 Å². The smallest absolute Gasteiger partial charge is 0.0107 e. The fourth-order valence-corrected chi connectivity index (χ4v) is 5.68. The molecule has 3 nitrogen and oxygen atoms in total. The lowest BCUT2D eigenvalue weighted by Gasteiger charge is -2.30. The molecule has 1 saturated heterocycles. The summed E-state index contributed by atoms with van der Waals surface area (Å²) in [5.74, 6) is 3.72. The first kappa shape index (κ1) is 33.9. The van der Waals surface area contributed by atoms with Crippen LogP contribution in [0.3, 0.4) is 0 Å². The minimum absolute atomic E-state index is 0.874. The highest BCUT2D eigenvalue weighted by atomic mass is 15.2. The van der Waals surface area contributed by atoms with Crippen LogP contribution in [0.2, 0.25) is 0 Å². The molecular weight excluding hydrogens is 414 g/mol. The lowest BCUT2D eigenvalue weighted by atomic mass is 9.93. The van der Waals surface area contributed by atoms with Crippen molar-refractivity contribution in [3.05, 3.63) is 0 Å². The van der Waals surface area contributed by atoms with Gasteiger partial charge >= 0.3 is 0 Å². The van der Waals surface area contributed by atoms with Crippen molar-refractivity contribution in [3.8, 4) is 0 Å². The molecule has 1 rings (SSSR count). The third kappa shape index (κ3) is 18.2. The van der Waals surface area contributed by atoms with Gasteiger partial charge in [-0.1, -0.05) is 99.8 Å². The topological polar surface area (TPSA) is 18.5 Å². The predicted molar refractivity (Wildman–Crippen MR) is 156 cm³/mol. The maximum absolute atomic E-state index is 3.41. The van der Waals surface area contributed by atoms with E-state index in [0.29, 0.717) is 0 Å². The highest BCUT2D eigenvalue weighted by molar-refractivity contribution is 4.71. The maximum Gasteiger partial charge on any atom is 0.0107 e.